The Morgan fingerprint density at radius 2 is 2.15 bits per heavy atom. The lowest BCUT2D eigenvalue weighted by Gasteiger charge is -2.41. The molecule has 3 N–H and O–H groups in total. The summed E-state index contributed by atoms with van der Waals surface area (Å²) < 4.78 is 5.11. The number of amides is 2. The van der Waals surface area contributed by atoms with Crippen molar-refractivity contribution in [3.8, 4) is 5.75 Å². The Bertz CT molecular complexity index is 555. The Morgan fingerprint density at radius 1 is 1.45 bits per heavy atom. The van der Waals surface area contributed by atoms with E-state index in [1.54, 1.807) is 32.0 Å². The van der Waals surface area contributed by atoms with Crippen LogP contribution in [0, 0.1) is 0 Å². The summed E-state index contributed by atoms with van der Waals surface area (Å²) in [4.78, 5) is 26.1. The van der Waals surface area contributed by atoms with E-state index >= 15 is 0 Å². The van der Waals surface area contributed by atoms with Crippen LogP contribution in [0.15, 0.2) is 18.2 Å². The molecule has 1 aliphatic heterocycles. The quantitative estimate of drug-likeness (QED) is 0.776. The van der Waals surface area contributed by atoms with Crippen LogP contribution in [-0.2, 0) is 4.79 Å². The fraction of sp³-hybridized carbons (Fsp3) is 0.429. The minimum atomic E-state index is -0.898. The van der Waals surface area contributed by atoms with E-state index in [1.807, 2.05) is 0 Å². The van der Waals surface area contributed by atoms with Crippen LogP contribution >= 0.6 is 0 Å². The summed E-state index contributed by atoms with van der Waals surface area (Å²) in [6.07, 6.45) is 0. The van der Waals surface area contributed by atoms with Gasteiger partial charge in [0.1, 0.15) is 11.3 Å². The molecule has 1 aromatic rings. The second-order valence-electron chi connectivity index (χ2n) is 5.22. The summed E-state index contributed by atoms with van der Waals surface area (Å²) in [5.41, 5.74) is 5.70. The van der Waals surface area contributed by atoms with E-state index in [0.29, 0.717) is 30.1 Å². The third-order valence-electron chi connectivity index (χ3n) is 3.59. The molecule has 108 valence electrons. The van der Waals surface area contributed by atoms with Gasteiger partial charge in [0.05, 0.1) is 12.7 Å². The van der Waals surface area contributed by atoms with Gasteiger partial charge in [0.15, 0.2) is 0 Å². The van der Waals surface area contributed by atoms with Crippen molar-refractivity contribution in [1.29, 1.82) is 0 Å². The molecule has 0 radical (unpaired) electrons. The molecule has 20 heavy (non-hydrogen) atoms. The third-order valence-corrected chi connectivity index (χ3v) is 3.59. The maximum atomic E-state index is 12.7. The van der Waals surface area contributed by atoms with Crippen molar-refractivity contribution >= 4 is 17.5 Å². The highest BCUT2D eigenvalue weighted by atomic mass is 16.5. The Labute approximate surface area is 117 Å². The van der Waals surface area contributed by atoms with Crippen LogP contribution < -0.4 is 15.8 Å². The molecule has 1 fully saturated rings. The summed E-state index contributed by atoms with van der Waals surface area (Å²) in [6, 6.07) is 4.92. The number of anilines is 1. The summed E-state index contributed by atoms with van der Waals surface area (Å²) in [5.74, 6) is 0.127. The van der Waals surface area contributed by atoms with E-state index in [9.17, 15) is 9.59 Å². The van der Waals surface area contributed by atoms with Crippen LogP contribution in [-0.4, -0.2) is 42.5 Å². The molecule has 0 saturated carbocycles. The van der Waals surface area contributed by atoms with Crippen molar-refractivity contribution in [2.45, 2.75) is 19.4 Å². The fourth-order valence-corrected chi connectivity index (χ4v) is 2.25. The third kappa shape index (κ3) is 2.29. The standard InChI is InChI=1S/C14H19N3O3/c1-14(2)13(19)16-6-7-17(14)12(18)10-8-9(20-3)4-5-11(10)15/h4-5,8H,6-7,15H2,1-3H3,(H,16,19). The van der Waals surface area contributed by atoms with Crippen LogP contribution in [0.4, 0.5) is 5.69 Å². The first-order valence-corrected chi connectivity index (χ1v) is 6.41. The molecule has 6 nitrogen and oxygen atoms in total. The zero-order chi connectivity index (χ0) is 14.9. The van der Waals surface area contributed by atoms with Gasteiger partial charge in [-0.3, -0.25) is 9.59 Å². The van der Waals surface area contributed by atoms with Crippen LogP contribution in [0.5, 0.6) is 5.75 Å². The van der Waals surface area contributed by atoms with Gasteiger partial charge < -0.3 is 20.7 Å². The first kappa shape index (κ1) is 14.2. The van der Waals surface area contributed by atoms with Gasteiger partial charge in [-0.2, -0.15) is 0 Å². The Morgan fingerprint density at radius 3 is 2.80 bits per heavy atom. The molecule has 1 aliphatic rings. The number of benzene rings is 1. The lowest BCUT2D eigenvalue weighted by molar-refractivity contribution is -0.133. The van der Waals surface area contributed by atoms with E-state index in [1.165, 1.54) is 12.0 Å². The summed E-state index contributed by atoms with van der Waals surface area (Å²) >= 11 is 0. The zero-order valence-corrected chi connectivity index (χ0v) is 11.9. The average Bonchev–Trinajstić information content (AvgIpc) is 2.41. The van der Waals surface area contributed by atoms with Crippen molar-refractivity contribution in [2.24, 2.45) is 0 Å². The van der Waals surface area contributed by atoms with Gasteiger partial charge in [-0.05, 0) is 32.0 Å². The summed E-state index contributed by atoms with van der Waals surface area (Å²) in [6.45, 7) is 4.33. The van der Waals surface area contributed by atoms with E-state index in [-0.39, 0.29) is 11.8 Å². The molecular weight excluding hydrogens is 258 g/mol. The number of piperazine rings is 1. The molecule has 0 aromatic heterocycles. The van der Waals surface area contributed by atoms with Crippen molar-refractivity contribution in [2.75, 3.05) is 25.9 Å². The van der Waals surface area contributed by atoms with E-state index < -0.39 is 5.54 Å². The SMILES string of the molecule is COc1ccc(N)c(C(=O)N2CCNC(=O)C2(C)C)c1. The Kier molecular flexibility index (Phi) is 3.57. The van der Waals surface area contributed by atoms with Gasteiger partial charge in [-0.15, -0.1) is 0 Å². The highest BCUT2D eigenvalue weighted by Gasteiger charge is 2.41. The topological polar surface area (TPSA) is 84.7 Å². The number of nitrogens with zero attached hydrogens (tertiary/aromatic N) is 1. The number of carbonyl (C=O) groups is 2. The number of methoxy groups -OCH3 is 1. The zero-order valence-electron chi connectivity index (χ0n) is 11.9. The number of nitrogens with two attached hydrogens (primary N) is 1. The number of ether oxygens (including phenoxy) is 1. The number of hydrogen-bond acceptors (Lipinski definition) is 4. The first-order valence-electron chi connectivity index (χ1n) is 6.41. The number of rotatable bonds is 2. The van der Waals surface area contributed by atoms with E-state index in [0.717, 1.165) is 0 Å². The fourth-order valence-electron chi connectivity index (χ4n) is 2.25. The van der Waals surface area contributed by atoms with Crippen LogP contribution in [0.25, 0.3) is 0 Å². The molecule has 6 heteroatoms. The number of nitrogens with one attached hydrogen (secondary N) is 1. The van der Waals surface area contributed by atoms with Gasteiger partial charge in [-0.1, -0.05) is 0 Å². The first-order chi connectivity index (χ1) is 9.37. The van der Waals surface area contributed by atoms with Crippen molar-refractivity contribution in [3.63, 3.8) is 0 Å². The molecular formula is C14H19N3O3. The van der Waals surface area contributed by atoms with Crippen molar-refractivity contribution in [3.05, 3.63) is 23.8 Å². The van der Waals surface area contributed by atoms with Gasteiger partial charge in [0.25, 0.3) is 5.91 Å². The molecule has 1 aromatic carbocycles. The smallest absolute Gasteiger partial charge is 0.257 e. The van der Waals surface area contributed by atoms with Crippen LogP contribution in [0.3, 0.4) is 0 Å². The number of hydrogen-bond donors (Lipinski definition) is 2. The largest absolute Gasteiger partial charge is 0.497 e. The molecule has 0 spiro atoms. The molecule has 1 heterocycles. The second-order valence-corrected chi connectivity index (χ2v) is 5.22. The second kappa shape index (κ2) is 5.03. The molecule has 0 bridgehead atoms. The Balaban J connectivity index is 2.38. The molecule has 2 rings (SSSR count). The van der Waals surface area contributed by atoms with Gasteiger partial charge >= 0.3 is 0 Å². The predicted octanol–water partition coefficient (Wildman–Crippen LogP) is 0.628. The molecule has 2 amide bonds. The average molecular weight is 277 g/mol. The van der Waals surface area contributed by atoms with Crippen molar-refractivity contribution in [1.82, 2.24) is 10.2 Å². The number of nitrogen functional groups attached to an aromatic ring is 1. The highest BCUT2D eigenvalue weighted by molar-refractivity contribution is 6.03. The summed E-state index contributed by atoms with van der Waals surface area (Å²) in [5, 5.41) is 2.76. The molecule has 1 saturated heterocycles. The minimum Gasteiger partial charge on any atom is -0.497 e. The molecule has 0 unspecified atom stereocenters. The normalized spacial score (nSPS) is 17.6. The summed E-state index contributed by atoms with van der Waals surface area (Å²) in [7, 11) is 1.53. The highest BCUT2D eigenvalue weighted by Crippen LogP contribution is 2.25. The lowest BCUT2D eigenvalue weighted by Crippen LogP contribution is -2.63. The molecule has 0 atom stereocenters. The maximum absolute atomic E-state index is 12.7. The lowest BCUT2D eigenvalue weighted by atomic mass is 9.97. The number of carbonyl (C=O) groups excluding carboxylic acids is 2. The van der Waals surface area contributed by atoms with Gasteiger partial charge in [0.2, 0.25) is 5.91 Å². The van der Waals surface area contributed by atoms with Gasteiger partial charge in [-0.25, -0.2) is 0 Å². The predicted molar refractivity (Wildman–Crippen MR) is 75.5 cm³/mol. The van der Waals surface area contributed by atoms with Gasteiger partial charge in [0, 0.05) is 18.8 Å². The van der Waals surface area contributed by atoms with E-state index in [4.69, 9.17) is 10.5 Å². The minimum absolute atomic E-state index is 0.168. The van der Waals surface area contributed by atoms with Crippen molar-refractivity contribution < 1.29 is 14.3 Å². The Hall–Kier alpha value is -2.24. The van der Waals surface area contributed by atoms with Crippen LogP contribution in [0.2, 0.25) is 0 Å². The van der Waals surface area contributed by atoms with Crippen LogP contribution in [0.1, 0.15) is 24.2 Å². The van der Waals surface area contributed by atoms with E-state index in [2.05, 4.69) is 5.32 Å². The maximum Gasteiger partial charge on any atom is 0.257 e. The monoisotopic (exact) mass is 277 g/mol. The molecule has 0 aliphatic carbocycles.